The maximum absolute atomic E-state index is 6.36. The monoisotopic (exact) mass is 325 g/mol. The largest absolute Gasteiger partial charge is 0.310 e. The van der Waals surface area contributed by atoms with Gasteiger partial charge in [0.25, 0.3) is 0 Å². The predicted octanol–water partition coefficient (Wildman–Crippen LogP) is 4.96. The minimum Gasteiger partial charge on any atom is -0.310 e. The molecule has 2 heterocycles. The van der Waals surface area contributed by atoms with Crippen LogP contribution in [0.1, 0.15) is 50.4 Å². The number of nitrogens with zero attached hydrogens (tertiary/aromatic N) is 3. The van der Waals surface area contributed by atoms with Crippen LogP contribution in [0, 0.1) is 6.92 Å². The number of fused-ring (bicyclic) bond motifs is 1. The van der Waals surface area contributed by atoms with Gasteiger partial charge in [0.05, 0.1) is 5.38 Å². The van der Waals surface area contributed by atoms with E-state index in [-0.39, 0.29) is 10.1 Å². The second-order valence-corrected chi connectivity index (χ2v) is 7.55. The topological polar surface area (TPSA) is 30.7 Å². The summed E-state index contributed by atoms with van der Waals surface area (Å²) in [6.45, 7) is 9.42. The van der Waals surface area contributed by atoms with Gasteiger partial charge in [-0.1, -0.05) is 13.8 Å². The molecule has 0 N–H and O–H groups in total. The summed E-state index contributed by atoms with van der Waals surface area (Å²) in [6.07, 6.45) is 6.33. The van der Waals surface area contributed by atoms with Gasteiger partial charge in [-0.15, -0.1) is 11.6 Å². The van der Waals surface area contributed by atoms with Gasteiger partial charge in [-0.3, -0.25) is 0 Å². The van der Waals surface area contributed by atoms with Gasteiger partial charge in [-0.2, -0.15) is 11.8 Å². The lowest BCUT2D eigenvalue weighted by molar-refractivity contribution is 0.462. The number of thioether (sulfide) groups is 1. The number of hydrogen-bond acceptors (Lipinski definition) is 3. The molecule has 0 saturated carbocycles. The minimum absolute atomic E-state index is 0.118. The van der Waals surface area contributed by atoms with Crippen molar-refractivity contribution in [3.8, 4) is 0 Å². The van der Waals surface area contributed by atoms with Crippen molar-refractivity contribution >= 4 is 34.5 Å². The van der Waals surface area contributed by atoms with Gasteiger partial charge in [-0.05, 0) is 44.6 Å². The number of rotatable bonds is 6. The van der Waals surface area contributed by atoms with Gasteiger partial charge in [0.15, 0.2) is 5.65 Å². The Morgan fingerprint density at radius 1 is 1.38 bits per heavy atom. The summed E-state index contributed by atoms with van der Waals surface area (Å²) in [5.41, 5.74) is 3.02. The molecule has 0 amide bonds. The van der Waals surface area contributed by atoms with E-state index in [1.807, 2.05) is 31.8 Å². The van der Waals surface area contributed by atoms with Crippen molar-refractivity contribution in [2.24, 2.45) is 0 Å². The fraction of sp³-hybridized carbons (Fsp3) is 0.625. The molecule has 2 aromatic rings. The van der Waals surface area contributed by atoms with Crippen LogP contribution in [0.25, 0.3) is 11.2 Å². The van der Waals surface area contributed by atoms with E-state index >= 15 is 0 Å². The van der Waals surface area contributed by atoms with Crippen LogP contribution in [0.15, 0.2) is 12.3 Å². The van der Waals surface area contributed by atoms with E-state index in [4.69, 9.17) is 16.6 Å². The van der Waals surface area contributed by atoms with Gasteiger partial charge in [0, 0.05) is 17.5 Å². The van der Waals surface area contributed by atoms with Gasteiger partial charge in [0.2, 0.25) is 0 Å². The fourth-order valence-electron chi connectivity index (χ4n) is 2.70. The van der Waals surface area contributed by atoms with Crippen molar-refractivity contribution in [1.82, 2.24) is 14.5 Å². The second kappa shape index (κ2) is 6.57. The van der Waals surface area contributed by atoms with Crippen molar-refractivity contribution in [2.45, 2.75) is 57.2 Å². The molecule has 3 nitrogen and oxygen atoms in total. The molecule has 2 rings (SSSR count). The molecular formula is C16H24ClN3S. The lowest BCUT2D eigenvalue weighted by atomic mass is 10.0. The molecule has 0 bridgehead atoms. The molecule has 0 spiro atoms. The quantitative estimate of drug-likeness (QED) is 0.703. The number of pyridine rings is 1. The zero-order valence-corrected chi connectivity index (χ0v) is 15.1. The van der Waals surface area contributed by atoms with E-state index in [1.165, 1.54) is 0 Å². The molecule has 5 heteroatoms. The molecule has 21 heavy (non-hydrogen) atoms. The number of halogens is 1. The van der Waals surface area contributed by atoms with Crippen LogP contribution in [-0.2, 0) is 6.54 Å². The molecule has 0 radical (unpaired) electrons. The Bertz CT molecular complexity index is 609. The average Bonchev–Trinajstić information content (AvgIpc) is 2.82. The van der Waals surface area contributed by atoms with Gasteiger partial charge in [-0.25, -0.2) is 9.97 Å². The summed E-state index contributed by atoms with van der Waals surface area (Å²) in [5.74, 6) is 0.921. The lowest BCUT2D eigenvalue weighted by Crippen LogP contribution is -2.30. The van der Waals surface area contributed by atoms with Crippen LogP contribution in [0.5, 0.6) is 0 Å². The first-order chi connectivity index (χ1) is 9.96. The molecule has 2 aromatic heterocycles. The Morgan fingerprint density at radius 2 is 2.05 bits per heavy atom. The van der Waals surface area contributed by atoms with Crippen LogP contribution < -0.4 is 0 Å². The molecule has 0 fully saturated rings. The Hall–Kier alpha value is -0.740. The average molecular weight is 326 g/mol. The highest BCUT2D eigenvalue weighted by Crippen LogP contribution is 2.35. The van der Waals surface area contributed by atoms with E-state index in [1.54, 1.807) is 0 Å². The second-order valence-electron chi connectivity index (χ2n) is 5.62. The van der Waals surface area contributed by atoms with Crippen LogP contribution in [0.4, 0.5) is 0 Å². The number of alkyl halides is 1. The maximum Gasteiger partial charge on any atom is 0.160 e. The summed E-state index contributed by atoms with van der Waals surface area (Å²) in [4.78, 5) is 9.32. The third-order valence-corrected chi connectivity index (χ3v) is 6.04. The van der Waals surface area contributed by atoms with Crippen molar-refractivity contribution in [3.05, 3.63) is 23.7 Å². The highest BCUT2D eigenvalue weighted by Gasteiger charge is 2.28. The minimum atomic E-state index is -0.118. The summed E-state index contributed by atoms with van der Waals surface area (Å²) in [7, 11) is 0. The Balaban J connectivity index is 2.57. The summed E-state index contributed by atoms with van der Waals surface area (Å²) in [6, 6.07) is 2.08. The number of aromatic nitrogens is 3. The molecule has 0 aliphatic heterocycles. The maximum atomic E-state index is 6.36. The van der Waals surface area contributed by atoms with Gasteiger partial charge >= 0.3 is 0 Å². The Kier molecular flexibility index (Phi) is 5.20. The summed E-state index contributed by atoms with van der Waals surface area (Å²) < 4.78 is 2.43. The fourth-order valence-corrected chi connectivity index (χ4v) is 3.71. The highest BCUT2D eigenvalue weighted by atomic mass is 35.5. The van der Waals surface area contributed by atoms with E-state index in [0.29, 0.717) is 0 Å². The zero-order valence-electron chi connectivity index (χ0n) is 13.5. The third-order valence-electron chi connectivity index (χ3n) is 4.27. The van der Waals surface area contributed by atoms with Crippen molar-refractivity contribution in [1.29, 1.82) is 0 Å². The molecule has 0 aliphatic rings. The predicted molar refractivity (Wildman–Crippen MR) is 93.4 cm³/mol. The smallest absolute Gasteiger partial charge is 0.160 e. The van der Waals surface area contributed by atoms with Crippen LogP contribution in [0.3, 0.4) is 0 Å². The molecule has 0 saturated heterocycles. The normalized spacial score (nSPS) is 13.8. The molecule has 0 aliphatic carbocycles. The standard InChI is InChI=1S/C16H24ClN3S/c1-6-16(7-2,21-5)10-20-14(12(4)17)19-13-8-11(3)9-18-15(13)20/h8-9,12H,6-7,10H2,1-5H3. The van der Waals surface area contributed by atoms with Crippen molar-refractivity contribution in [3.63, 3.8) is 0 Å². The van der Waals surface area contributed by atoms with E-state index in [2.05, 4.69) is 35.7 Å². The van der Waals surface area contributed by atoms with Gasteiger partial charge in [0.1, 0.15) is 11.3 Å². The van der Waals surface area contributed by atoms with Gasteiger partial charge < -0.3 is 4.57 Å². The van der Waals surface area contributed by atoms with E-state index < -0.39 is 0 Å². The molecule has 1 atom stereocenters. The SMILES string of the molecule is CCC(CC)(Cn1c(C(C)Cl)nc2cc(C)cnc21)SC. The Morgan fingerprint density at radius 3 is 2.57 bits per heavy atom. The molecular weight excluding hydrogens is 302 g/mol. The number of imidazole rings is 1. The molecule has 0 aromatic carbocycles. The summed E-state index contributed by atoms with van der Waals surface area (Å²) >= 11 is 8.29. The highest BCUT2D eigenvalue weighted by molar-refractivity contribution is 8.00. The Labute approximate surface area is 136 Å². The van der Waals surface area contributed by atoms with Crippen LogP contribution >= 0.6 is 23.4 Å². The first kappa shape index (κ1) is 16.6. The molecule has 1 unspecified atom stereocenters. The van der Waals surface area contributed by atoms with Crippen molar-refractivity contribution in [2.75, 3.05) is 6.26 Å². The molecule has 116 valence electrons. The van der Waals surface area contributed by atoms with Crippen molar-refractivity contribution < 1.29 is 0 Å². The lowest BCUT2D eigenvalue weighted by Gasteiger charge is -2.31. The van der Waals surface area contributed by atoms with E-state index in [0.717, 1.165) is 41.9 Å². The number of hydrogen-bond donors (Lipinski definition) is 0. The first-order valence-corrected chi connectivity index (χ1v) is 9.14. The zero-order chi connectivity index (χ0) is 15.6. The summed E-state index contributed by atoms with van der Waals surface area (Å²) in [5, 5.41) is -0.118. The van der Waals surface area contributed by atoms with Crippen LogP contribution in [0.2, 0.25) is 0 Å². The first-order valence-electron chi connectivity index (χ1n) is 7.48. The third kappa shape index (κ3) is 3.21. The van der Waals surface area contributed by atoms with Crippen LogP contribution in [-0.4, -0.2) is 25.5 Å². The van der Waals surface area contributed by atoms with E-state index in [9.17, 15) is 0 Å². The number of aryl methyl sites for hydroxylation is 1.